The fourth-order valence-corrected chi connectivity index (χ4v) is 2.30. The van der Waals surface area contributed by atoms with E-state index in [0.717, 1.165) is 5.52 Å². The van der Waals surface area contributed by atoms with Gasteiger partial charge in [0.25, 0.3) is 0 Å². The Kier molecular flexibility index (Phi) is 3.80. The lowest BCUT2D eigenvalue weighted by Crippen LogP contribution is -2.09. The van der Waals surface area contributed by atoms with Crippen LogP contribution in [0.4, 0.5) is 11.4 Å². The normalized spacial score (nSPS) is 10.5. The highest BCUT2D eigenvalue weighted by atomic mass is 16.3. The molecule has 3 aromatic rings. The molecule has 0 atom stereocenters. The molecule has 2 amide bonds. The van der Waals surface area contributed by atoms with Crippen LogP contribution in [0, 0.1) is 0 Å². The largest absolute Gasteiger partial charge is 0.436 e. The Bertz CT molecular complexity index is 832. The number of aromatic nitrogens is 1. The van der Waals surface area contributed by atoms with E-state index in [9.17, 15) is 9.59 Å². The summed E-state index contributed by atoms with van der Waals surface area (Å²) in [5.41, 5.74) is 3.19. The average molecular weight is 309 g/mol. The molecule has 116 valence electrons. The van der Waals surface area contributed by atoms with Crippen molar-refractivity contribution in [3.8, 4) is 11.5 Å². The minimum atomic E-state index is -0.200. The third-order valence-corrected chi connectivity index (χ3v) is 3.11. The monoisotopic (exact) mass is 309 g/mol. The number of rotatable bonds is 3. The van der Waals surface area contributed by atoms with Crippen molar-refractivity contribution in [3.63, 3.8) is 0 Å². The summed E-state index contributed by atoms with van der Waals surface area (Å²) in [6.07, 6.45) is 0. The van der Waals surface area contributed by atoms with Gasteiger partial charge < -0.3 is 15.1 Å². The molecular formula is C17H15N3O3. The van der Waals surface area contributed by atoms with Gasteiger partial charge in [-0.25, -0.2) is 4.98 Å². The van der Waals surface area contributed by atoms with Gasteiger partial charge in [0.2, 0.25) is 17.7 Å². The van der Waals surface area contributed by atoms with Gasteiger partial charge in [-0.2, -0.15) is 0 Å². The van der Waals surface area contributed by atoms with E-state index in [-0.39, 0.29) is 11.8 Å². The van der Waals surface area contributed by atoms with Crippen molar-refractivity contribution in [3.05, 3.63) is 42.5 Å². The van der Waals surface area contributed by atoms with Crippen LogP contribution in [0.5, 0.6) is 0 Å². The highest BCUT2D eigenvalue weighted by Gasteiger charge is 2.11. The predicted molar refractivity (Wildman–Crippen MR) is 88.1 cm³/mol. The minimum Gasteiger partial charge on any atom is -0.436 e. The molecular weight excluding hydrogens is 294 g/mol. The number of nitrogens with one attached hydrogen (secondary N) is 2. The third-order valence-electron chi connectivity index (χ3n) is 3.11. The summed E-state index contributed by atoms with van der Waals surface area (Å²) >= 11 is 0. The summed E-state index contributed by atoms with van der Waals surface area (Å²) in [6, 6.07) is 12.6. The molecule has 0 saturated carbocycles. The van der Waals surface area contributed by atoms with Crippen LogP contribution < -0.4 is 10.6 Å². The number of oxazole rings is 1. The standard InChI is InChI=1S/C17H15N3O3/c1-10(21)18-13-7-12(8-14(9-13)19-11(2)22)17-20-15-5-3-4-6-16(15)23-17/h3-9H,1-2H3,(H,18,21)(H,19,22). The van der Waals surface area contributed by atoms with Crippen LogP contribution in [0.3, 0.4) is 0 Å². The van der Waals surface area contributed by atoms with Gasteiger partial charge >= 0.3 is 0 Å². The molecule has 0 bridgehead atoms. The van der Waals surface area contributed by atoms with E-state index in [1.807, 2.05) is 24.3 Å². The fraction of sp³-hybridized carbons (Fsp3) is 0.118. The van der Waals surface area contributed by atoms with Crippen molar-refractivity contribution >= 4 is 34.3 Å². The molecule has 0 saturated heterocycles. The number of carbonyl (C=O) groups excluding carboxylic acids is 2. The SMILES string of the molecule is CC(=O)Nc1cc(NC(C)=O)cc(-c2nc3ccccc3o2)c1. The molecule has 2 N–H and O–H groups in total. The van der Waals surface area contributed by atoms with Crippen LogP contribution in [-0.4, -0.2) is 16.8 Å². The molecule has 2 aromatic carbocycles. The first-order chi connectivity index (χ1) is 11.0. The van der Waals surface area contributed by atoms with Crippen molar-refractivity contribution in [1.29, 1.82) is 0 Å². The molecule has 0 spiro atoms. The first-order valence-corrected chi connectivity index (χ1v) is 7.07. The lowest BCUT2D eigenvalue weighted by atomic mass is 10.1. The quantitative estimate of drug-likeness (QED) is 0.776. The van der Waals surface area contributed by atoms with E-state index in [1.165, 1.54) is 13.8 Å². The summed E-state index contributed by atoms with van der Waals surface area (Å²) in [6.45, 7) is 2.84. The molecule has 0 aliphatic rings. The molecule has 0 fully saturated rings. The van der Waals surface area contributed by atoms with E-state index in [4.69, 9.17) is 4.42 Å². The number of amides is 2. The highest BCUT2D eigenvalue weighted by molar-refractivity contribution is 5.94. The van der Waals surface area contributed by atoms with E-state index >= 15 is 0 Å². The number of fused-ring (bicyclic) bond motifs is 1. The molecule has 0 unspecified atom stereocenters. The third kappa shape index (κ3) is 3.37. The Morgan fingerprint density at radius 1 is 0.957 bits per heavy atom. The van der Waals surface area contributed by atoms with Gasteiger partial charge in [0.15, 0.2) is 5.58 Å². The molecule has 0 aliphatic heterocycles. The fourth-order valence-electron chi connectivity index (χ4n) is 2.30. The topological polar surface area (TPSA) is 84.2 Å². The Hall–Kier alpha value is -3.15. The Labute approximate surface area is 132 Å². The minimum absolute atomic E-state index is 0.200. The lowest BCUT2D eigenvalue weighted by molar-refractivity contribution is -0.115. The van der Waals surface area contributed by atoms with Crippen molar-refractivity contribution in [2.45, 2.75) is 13.8 Å². The van der Waals surface area contributed by atoms with Crippen LogP contribution in [-0.2, 0) is 9.59 Å². The molecule has 6 heteroatoms. The summed E-state index contributed by atoms with van der Waals surface area (Å²) in [7, 11) is 0. The lowest BCUT2D eigenvalue weighted by Gasteiger charge is -2.09. The second-order valence-corrected chi connectivity index (χ2v) is 5.15. The molecule has 23 heavy (non-hydrogen) atoms. The average Bonchev–Trinajstić information content (AvgIpc) is 2.89. The zero-order chi connectivity index (χ0) is 16.4. The maximum atomic E-state index is 11.3. The molecule has 0 aliphatic carbocycles. The smallest absolute Gasteiger partial charge is 0.227 e. The molecule has 3 rings (SSSR count). The van der Waals surface area contributed by atoms with Crippen LogP contribution in [0.15, 0.2) is 46.9 Å². The zero-order valence-corrected chi connectivity index (χ0v) is 12.7. The van der Waals surface area contributed by atoms with Crippen LogP contribution in [0.25, 0.3) is 22.6 Å². The summed E-state index contributed by atoms with van der Waals surface area (Å²) in [5.74, 6) is 0.0204. The van der Waals surface area contributed by atoms with Gasteiger partial charge in [-0.15, -0.1) is 0 Å². The second-order valence-electron chi connectivity index (χ2n) is 5.15. The van der Waals surface area contributed by atoms with Gasteiger partial charge in [0.05, 0.1) is 0 Å². The van der Waals surface area contributed by atoms with Gasteiger partial charge in [0.1, 0.15) is 5.52 Å². The summed E-state index contributed by atoms with van der Waals surface area (Å²) in [5, 5.41) is 5.41. The van der Waals surface area contributed by atoms with E-state index < -0.39 is 0 Å². The first kappa shape index (κ1) is 14.8. The van der Waals surface area contributed by atoms with Crippen molar-refractivity contribution in [2.24, 2.45) is 0 Å². The Morgan fingerprint density at radius 2 is 1.57 bits per heavy atom. The van der Waals surface area contributed by atoms with Gasteiger partial charge in [-0.3, -0.25) is 9.59 Å². The maximum Gasteiger partial charge on any atom is 0.227 e. The number of nitrogens with zero attached hydrogens (tertiary/aromatic N) is 1. The van der Waals surface area contributed by atoms with Crippen molar-refractivity contribution in [1.82, 2.24) is 4.98 Å². The van der Waals surface area contributed by atoms with E-state index in [2.05, 4.69) is 15.6 Å². The summed E-state index contributed by atoms with van der Waals surface area (Å²) < 4.78 is 5.74. The number of benzene rings is 2. The van der Waals surface area contributed by atoms with Gasteiger partial charge in [-0.05, 0) is 30.3 Å². The van der Waals surface area contributed by atoms with Crippen molar-refractivity contribution in [2.75, 3.05) is 10.6 Å². The predicted octanol–water partition coefficient (Wildman–Crippen LogP) is 3.41. The highest BCUT2D eigenvalue weighted by Crippen LogP contribution is 2.29. The number of hydrogen-bond acceptors (Lipinski definition) is 4. The van der Waals surface area contributed by atoms with E-state index in [1.54, 1.807) is 18.2 Å². The van der Waals surface area contributed by atoms with E-state index in [0.29, 0.717) is 28.4 Å². The number of carbonyl (C=O) groups is 2. The zero-order valence-electron chi connectivity index (χ0n) is 12.7. The Balaban J connectivity index is 2.08. The Morgan fingerprint density at radius 3 is 2.13 bits per heavy atom. The summed E-state index contributed by atoms with van der Waals surface area (Å²) in [4.78, 5) is 27.0. The van der Waals surface area contributed by atoms with Crippen molar-refractivity contribution < 1.29 is 14.0 Å². The van der Waals surface area contributed by atoms with Crippen LogP contribution in [0.1, 0.15) is 13.8 Å². The van der Waals surface area contributed by atoms with Crippen LogP contribution in [0.2, 0.25) is 0 Å². The number of hydrogen-bond donors (Lipinski definition) is 2. The molecule has 6 nitrogen and oxygen atoms in total. The molecule has 0 radical (unpaired) electrons. The van der Waals surface area contributed by atoms with Gasteiger partial charge in [-0.1, -0.05) is 12.1 Å². The second kappa shape index (κ2) is 5.92. The molecule has 1 heterocycles. The first-order valence-electron chi connectivity index (χ1n) is 7.07. The number of anilines is 2. The van der Waals surface area contributed by atoms with Gasteiger partial charge in [0, 0.05) is 30.8 Å². The number of para-hydroxylation sites is 2. The maximum absolute atomic E-state index is 11.3. The van der Waals surface area contributed by atoms with Crippen LogP contribution >= 0.6 is 0 Å². The molecule has 1 aromatic heterocycles.